The van der Waals surface area contributed by atoms with Crippen molar-refractivity contribution in [3.05, 3.63) is 93.3 Å². The van der Waals surface area contributed by atoms with E-state index in [2.05, 4.69) is 31.4 Å². The molecule has 0 bridgehead atoms. The minimum atomic E-state index is -0.314. The van der Waals surface area contributed by atoms with Crippen LogP contribution >= 0.6 is 22.9 Å². The van der Waals surface area contributed by atoms with Gasteiger partial charge >= 0.3 is 0 Å². The highest BCUT2D eigenvalue weighted by atomic mass is 35.5. The molecule has 1 unspecified atom stereocenters. The predicted molar refractivity (Wildman–Crippen MR) is 151 cm³/mol. The number of amides is 2. The summed E-state index contributed by atoms with van der Waals surface area (Å²) in [7, 11) is 0. The first-order chi connectivity index (χ1) is 17.2. The predicted octanol–water partition coefficient (Wildman–Crippen LogP) is 8.21. The number of nitrogens with one attached hydrogen (secondary N) is 2. The molecular weight excluding hydrogens is 488 g/mol. The smallest absolute Gasteiger partial charge is 0.258 e. The second kappa shape index (κ2) is 9.72. The lowest BCUT2D eigenvalue weighted by atomic mass is 9.72. The number of anilines is 2. The Bertz CT molecular complexity index is 1460. The number of halogens is 1. The van der Waals surface area contributed by atoms with Crippen LogP contribution in [-0.4, -0.2) is 11.8 Å². The summed E-state index contributed by atoms with van der Waals surface area (Å²) in [6, 6.07) is 20.8. The van der Waals surface area contributed by atoms with Gasteiger partial charge in [0.25, 0.3) is 11.8 Å². The van der Waals surface area contributed by atoms with Gasteiger partial charge in [0.15, 0.2) is 0 Å². The number of rotatable bonds is 4. The summed E-state index contributed by atoms with van der Waals surface area (Å²) in [5.41, 5.74) is 2.93. The average molecular weight is 517 g/mol. The van der Waals surface area contributed by atoms with E-state index in [1.54, 1.807) is 24.3 Å². The Morgan fingerprint density at radius 3 is 2.42 bits per heavy atom. The van der Waals surface area contributed by atoms with E-state index in [0.717, 1.165) is 41.3 Å². The van der Waals surface area contributed by atoms with E-state index in [1.165, 1.54) is 16.2 Å². The average Bonchev–Trinajstić information content (AvgIpc) is 3.21. The molecular formula is C30H29ClN2O2S. The van der Waals surface area contributed by atoms with E-state index in [4.69, 9.17) is 11.6 Å². The second-order valence-corrected chi connectivity index (χ2v) is 11.9. The van der Waals surface area contributed by atoms with Gasteiger partial charge in [-0.25, -0.2) is 0 Å². The number of carbonyl (C=O) groups excluding carboxylic acids is 2. The zero-order valence-corrected chi connectivity index (χ0v) is 22.2. The number of thiophene rings is 1. The zero-order chi connectivity index (χ0) is 25.4. The quantitative estimate of drug-likeness (QED) is 0.287. The van der Waals surface area contributed by atoms with Gasteiger partial charge in [0.05, 0.1) is 16.1 Å². The van der Waals surface area contributed by atoms with Crippen molar-refractivity contribution in [1.29, 1.82) is 0 Å². The molecule has 0 spiro atoms. The zero-order valence-electron chi connectivity index (χ0n) is 20.7. The third kappa shape index (κ3) is 4.78. The van der Waals surface area contributed by atoms with E-state index in [-0.39, 0.29) is 17.2 Å². The van der Waals surface area contributed by atoms with Crippen LogP contribution in [0, 0.1) is 11.3 Å². The van der Waals surface area contributed by atoms with E-state index in [9.17, 15) is 9.59 Å². The van der Waals surface area contributed by atoms with Crippen molar-refractivity contribution >= 4 is 56.2 Å². The van der Waals surface area contributed by atoms with E-state index in [0.29, 0.717) is 27.1 Å². The number of hydrogen-bond donors (Lipinski definition) is 2. The maximum Gasteiger partial charge on any atom is 0.258 e. The van der Waals surface area contributed by atoms with Crippen LogP contribution in [-0.2, 0) is 12.8 Å². The summed E-state index contributed by atoms with van der Waals surface area (Å²) in [4.78, 5) is 28.1. The lowest BCUT2D eigenvalue weighted by Crippen LogP contribution is -2.27. The molecule has 1 heterocycles. The summed E-state index contributed by atoms with van der Waals surface area (Å²) in [5, 5.41) is 9.15. The summed E-state index contributed by atoms with van der Waals surface area (Å²) < 4.78 is 0. The molecule has 1 aliphatic carbocycles. The molecule has 4 aromatic rings. The normalized spacial score (nSPS) is 15.4. The van der Waals surface area contributed by atoms with Crippen molar-refractivity contribution in [2.75, 3.05) is 10.6 Å². The Balaban J connectivity index is 1.53. The van der Waals surface area contributed by atoms with Crippen LogP contribution in [0.5, 0.6) is 0 Å². The first-order valence-corrected chi connectivity index (χ1v) is 13.4. The van der Waals surface area contributed by atoms with Gasteiger partial charge in [-0.15, -0.1) is 11.3 Å². The molecule has 6 heteroatoms. The van der Waals surface area contributed by atoms with Crippen LogP contribution in [0.4, 0.5) is 10.7 Å². The van der Waals surface area contributed by atoms with Crippen molar-refractivity contribution in [1.82, 2.24) is 0 Å². The van der Waals surface area contributed by atoms with Gasteiger partial charge in [-0.2, -0.15) is 0 Å². The minimum Gasteiger partial charge on any atom is -0.321 e. The van der Waals surface area contributed by atoms with Crippen molar-refractivity contribution in [2.24, 2.45) is 11.3 Å². The summed E-state index contributed by atoms with van der Waals surface area (Å²) in [6.07, 6.45) is 2.73. The maximum atomic E-state index is 13.8. The molecule has 0 saturated carbocycles. The van der Waals surface area contributed by atoms with Crippen LogP contribution in [0.15, 0.2) is 66.7 Å². The summed E-state index contributed by atoms with van der Waals surface area (Å²) in [5.74, 6) is 0.00282. The lowest BCUT2D eigenvalue weighted by Gasteiger charge is -2.33. The van der Waals surface area contributed by atoms with Gasteiger partial charge in [-0.05, 0) is 59.7 Å². The molecule has 1 atom stereocenters. The SMILES string of the molecule is CC(C)(C)C1CCc2c(sc(NC(=O)c3ccccc3Cl)c2C(=O)Nc2cccc3ccccc23)C1. The van der Waals surface area contributed by atoms with Crippen LogP contribution in [0.25, 0.3) is 10.8 Å². The maximum absolute atomic E-state index is 13.8. The topological polar surface area (TPSA) is 58.2 Å². The van der Waals surface area contributed by atoms with Gasteiger partial charge < -0.3 is 10.6 Å². The van der Waals surface area contributed by atoms with Crippen molar-refractivity contribution < 1.29 is 9.59 Å². The molecule has 3 aromatic carbocycles. The van der Waals surface area contributed by atoms with Gasteiger partial charge in [0, 0.05) is 16.0 Å². The Morgan fingerprint density at radius 1 is 0.917 bits per heavy atom. The van der Waals surface area contributed by atoms with Gasteiger partial charge in [0.1, 0.15) is 5.00 Å². The van der Waals surface area contributed by atoms with Gasteiger partial charge in [-0.1, -0.05) is 80.9 Å². The third-order valence-corrected chi connectivity index (χ3v) is 8.60. The van der Waals surface area contributed by atoms with Crippen molar-refractivity contribution in [3.8, 4) is 0 Å². The second-order valence-electron chi connectivity index (χ2n) is 10.4. The molecule has 0 aliphatic heterocycles. The highest BCUT2D eigenvalue weighted by Crippen LogP contribution is 2.44. The van der Waals surface area contributed by atoms with E-state index in [1.807, 2.05) is 42.5 Å². The molecule has 2 N–H and O–H groups in total. The largest absolute Gasteiger partial charge is 0.321 e. The standard InChI is InChI=1S/C30H29ClN2O2S/c1-30(2,3)19-15-16-22-25(17-19)36-29(33-27(34)21-12-6-7-13-23(21)31)26(22)28(35)32-24-14-8-10-18-9-4-5-11-20(18)24/h4-14,19H,15-17H2,1-3H3,(H,32,35)(H,33,34). The molecule has 1 aromatic heterocycles. The molecule has 5 rings (SSSR count). The molecule has 0 fully saturated rings. The lowest BCUT2D eigenvalue weighted by molar-refractivity contribution is 0.102. The molecule has 36 heavy (non-hydrogen) atoms. The Morgan fingerprint density at radius 2 is 1.64 bits per heavy atom. The van der Waals surface area contributed by atoms with Gasteiger partial charge in [0.2, 0.25) is 0 Å². The van der Waals surface area contributed by atoms with E-state index < -0.39 is 0 Å². The Labute approximate surface area is 220 Å². The van der Waals surface area contributed by atoms with Crippen molar-refractivity contribution in [3.63, 3.8) is 0 Å². The molecule has 0 radical (unpaired) electrons. The van der Waals surface area contributed by atoms with Gasteiger partial charge in [-0.3, -0.25) is 9.59 Å². The number of carbonyl (C=O) groups is 2. The highest BCUT2D eigenvalue weighted by molar-refractivity contribution is 7.17. The molecule has 0 saturated heterocycles. The molecule has 4 nitrogen and oxygen atoms in total. The van der Waals surface area contributed by atoms with Crippen LogP contribution in [0.3, 0.4) is 0 Å². The fourth-order valence-electron chi connectivity index (χ4n) is 4.99. The molecule has 1 aliphatic rings. The monoisotopic (exact) mass is 516 g/mol. The fraction of sp³-hybridized carbons (Fsp3) is 0.267. The van der Waals surface area contributed by atoms with Crippen LogP contribution in [0.1, 0.15) is 58.3 Å². The first-order valence-electron chi connectivity index (χ1n) is 12.2. The third-order valence-electron chi connectivity index (χ3n) is 7.10. The van der Waals surface area contributed by atoms with Crippen LogP contribution in [0.2, 0.25) is 5.02 Å². The molecule has 184 valence electrons. The summed E-state index contributed by atoms with van der Waals surface area (Å²) >= 11 is 7.80. The highest BCUT2D eigenvalue weighted by Gasteiger charge is 2.34. The Hall–Kier alpha value is -3.15. The fourth-order valence-corrected chi connectivity index (χ4v) is 6.53. The van der Waals surface area contributed by atoms with Crippen molar-refractivity contribution in [2.45, 2.75) is 40.0 Å². The number of fused-ring (bicyclic) bond motifs is 2. The summed E-state index contributed by atoms with van der Waals surface area (Å²) in [6.45, 7) is 6.81. The molecule has 2 amide bonds. The number of benzene rings is 3. The van der Waals surface area contributed by atoms with E-state index >= 15 is 0 Å². The minimum absolute atomic E-state index is 0.175. The first kappa shape index (κ1) is 24.5. The number of hydrogen-bond acceptors (Lipinski definition) is 3. The van der Waals surface area contributed by atoms with Crippen LogP contribution < -0.4 is 10.6 Å². The Kier molecular flexibility index (Phi) is 6.62.